The summed E-state index contributed by atoms with van der Waals surface area (Å²) in [5, 5.41) is 2.98. The van der Waals surface area contributed by atoms with Crippen LogP contribution < -0.4 is 11.1 Å². The van der Waals surface area contributed by atoms with E-state index in [2.05, 4.69) is 24.1 Å². The third-order valence-corrected chi connectivity index (χ3v) is 3.39. The normalized spacial score (nSPS) is 11.8. The molecule has 0 saturated heterocycles. The van der Waals surface area contributed by atoms with Crippen LogP contribution in [0.3, 0.4) is 0 Å². The van der Waals surface area contributed by atoms with Gasteiger partial charge in [-0.05, 0) is 30.0 Å². The Morgan fingerprint density at radius 2 is 1.86 bits per heavy atom. The Hall–Kier alpha value is -1.78. The van der Waals surface area contributed by atoms with E-state index in [1.54, 1.807) is 6.07 Å². The molecule has 0 spiro atoms. The van der Waals surface area contributed by atoms with Gasteiger partial charge in [-0.25, -0.2) is 0 Å². The fourth-order valence-electron chi connectivity index (χ4n) is 2.36. The number of amides is 1. The van der Waals surface area contributed by atoms with Gasteiger partial charge in [0, 0.05) is 18.3 Å². The van der Waals surface area contributed by atoms with Crippen molar-refractivity contribution < 1.29 is 4.79 Å². The van der Waals surface area contributed by atoms with Gasteiger partial charge in [-0.2, -0.15) is 0 Å². The van der Waals surface area contributed by atoms with E-state index in [1.165, 1.54) is 0 Å². The summed E-state index contributed by atoms with van der Waals surface area (Å²) in [6.45, 7) is 4.70. The molecule has 22 heavy (non-hydrogen) atoms. The molecule has 120 valence electrons. The summed E-state index contributed by atoms with van der Waals surface area (Å²) in [5.74, 6) is 0.399. The molecule has 1 unspecified atom stereocenters. The van der Waals surface area contributed by atoms with Crippen LogP contribution in [-0.2, 0) is 0 Å². The summed E-state index contributed by atoms with van der Waals surface area (Å²) in [5.41, 5.74) is 8.29. The topological polar surface area (TPSA) is 70.9 Å². The average molecular weight is 322 g/mol. The minimum absolute atomic E-state index is 0. The van der Waals surface area contributed by atoms with Gasteiger partial charge in [0.05, 0.1) is 0 Å². The minimum Gasteiger partial charge on any atom is -0.351 e. The highest BCUT2D eigenvalue weighted by molar-refractivity contribution is 5.93. The highest BCUT2D eigenvalue weighted by atomic mass is 35.5. The van der Waals surface area contributed by atoms with E-state index in [1.807, 2.05) is 36.4 Å². The first-order valence-electron chi connectivity index (χ1n) is 7.35. The number of rotatable bonds is 6. The summed E-state index contributed by atoms with van der Waals surface area (Å²) < 4.78 is 0. The van der Waals surface area contributed by atoms with Crippen molar-refractivity contribution in [2.75, 3.05) is 6.54 Å². The van der Waals surface area contributed by atoms with Gasteiger partial charge in [0.25, 0.3) is 5.91 Å². The zero-order valence-corrected chi connectivity index (χ0v) is 13.8. The van der Waals surface area contributed by atoms with Gasteiger partial charge in [0.2, 0.25) is 0 Å². The molecule has 1 heterocycles. The monoisotopic (exact) mass is 321 g/mol. The molecule has 1 amide bonds. The molecule has 0 bridgehead atoms. The number of nitrogens with one attached hydrogen (secondary N) is 2. The summed E-state index contributed by atoms with van der Waals surface area (Å²) in [7, 11) is 0. The first-order chi connectivity index (χ1) is 10.1. The molecule has 0 aliphatic heterocycles. The number of carbonyl (C=O) groups excluding carboxylic acids is 1. The van der Waals surface area contributed by atoms with Gasteiger partial charge in [-0.3, -0.25) is 4.79 Å². The van der Waals surface area contributed by atoms with Crippen LogP contribution in [0.4, 0.5) is 0 Å². The highest BCUT2D eigenvalue weighted by Gasteiger charge is 2.15. The standard InChI is InChI=1S/C17H23N3O.ClH/c1-12(2)10-14(11-18)19-17(21)16-9-8-15(20-16)13-6-4-3-5-7-13;/h3-9,12,14,20H,10-11,18H2,1-2H3,(H,19,21);1H. The van der Waals surface area contributed by atoms with Crippen molar-refractivity contribution in [3.05, 3.63) is 48.2 Å². The minimum atomic E-state index is -0.103. The molecule has 1 aromatic carbocycles. The van der Waals surface area contributed by atoms with Crippen LogP contribution in [0.15, 0.2) is 42.5 Å². The second-order valence-electron chi connectivity index (χ2n) is 5.69. The van der Waals surface area contributed by atoms with E-state index in [0.717, 1.165) is 17.7 Å². The molecule has 2 aromatic rings. The molecule has 1 atom stereocenters. The predicted octanol–water partition coefficient (Wildman–Crippen LogP) is 3.21. The fourth-order valence-corrected chi connectivity index (χ4v) is 2.36. The molecular weight excluding hydrogens is 298 g/mol. The number of nitrogens with two attached hydrogens (primary N) is 1. The third kappa shape index (κ3) is 4.90. The zero-order valence-electron chi connectivity index (χ0n) is 13.0. The van der Waals surface area contributed by atoms with Crippen LogP contribution in [0.25, 0.3) is 11.3 Å². The Morgan fingerprint density at radius 1 is 1.18 bits per heavy atom. The lowest BCUT2D eigenvalue weighted by Gasteiger charge is -2.18. The van der Waals surface area contributed by atoms with Crippen molar-refractivity contribution in [2.24, 2.45) is 11.7 Å². The molecule has 4 nitrogen and oxygen atoms in total. The molecule has 0 aliphatic rings. The highest BCUT2D eigenvalue weighted by Crippen LogP contribution is 2.18. The Balaban J connectivity index is 0.00000242. The number of halogens is 1. The molecular formula is C17H24ClN3O. The molecule has 2 rings (SSSR count). The van der Waals surface area contributed by atoms with Gasteiger partial charge in [-0.15, -0.1) is 12.4 Å². The maximum atomic E-state index is 12.2. The maximum absolute atomic E-state index is 12.2. The molecule has 0 radical (unpaired) electrons. The zero-order chi connectivity index (χ0) is 15.2. The van der Waals surface area contributed by atoms with E-state index < -0.39 is 0 Å². The van der Waals surface area contributed by atoms with Crippen molar-refractivity contribution in [3.8, 4) is 11.3 Å². The second kappa shape index (κ2) is 8.61. The van der Waals surface area contributed by atoms with E-state index in [0.29, 0.717) is 18.2 Å². The number of carbonyl (C=O) groups is 1. The number of benzene rings is 1. The second-order valence-corrected chi connectivity index (χ2v) is 5.69. The van der Waals surface area contributed by atoms with E-state index in [9.17, 15) is 4.79 Å². The smallest absolute Gasteiger partial charge is 0.267 e. The summed E-state index contributed by atoms with van der Waals surface area (Å²) in [4.78, 5) is 15.4. The van der Waals surface area contributed by atoms with Crippen LogP contribution in [0.2, 0.25) is 0 Å². The Kier molecular flexibility index (Phi) is 7.15. The predicted molar refractivity (Wildman–Crippen MR) is 93.2 cm³/mol. The van der Waals surface area contributed by atoms with Gasteiger partial charge < -0.3 is 16.0 Å². The largest absolute Gasteiger partial charge is 0.351 e. The number of aromatic amines is 1. The van der Waals surface area contributed by atoms with Gasteiger partial charge in [0.1, 0.15) is 5.69 Å². The van der Waals surface area contributed by atoms with Crippen LogP contribution in [-0.4, -0.2) is 23.5 Å². The number of aromatic nitrogens is 1. The number of hydrogen-bond donors (Lipinski definition) is 3. The van der Waals surface area contributed by atoms with E-state index >= 15 is 0 Å². The van der Waals surface area contributed by atoms with Gasteiger partial charge >= 0.3 is 0 Å². The molecule has 5 heteroatoms. The van der Waals surface area contributed by atoms with Crippen molar-refractivity contribution in [2.45, 2.75) is 26.3 Å². The van der Waals surface area contributed by atoms with Crippen molar-refractivity contribution in [1.29, 1.82) is 0 Å². The van der Waals surface area contributed by atoms with Crippen molar-refractivity contribution in [3.63, 3.8) is 0 Å². The van der Waals surface area contributed by atoms with Gasteiger partial charge in [-0.1, -0.05) is 44.2 Å². The number of hydrogen-bond acceptors (Lipinski definition) is 2. The quantitative estimate of drug-likeness (QED) is 0.764. The first kappa shape index (κ1) is 18.3. The van der Waals surface area contributed by atoms with Crippen LogP contribution in [0.5, 0.6) is 0 Å². The van der Waals surface area contributed by atoms with Crippen LogP contribution >= 0.6 is 12.4 Å². The average Bonchev–Trinajstić information content (AvgIpc) is 2.97. The molecule has 0 saturated carbocycles. The Labute approximate surface area is 137 Å². The van der Waals surface area contributed by atoms with Crippen molar-refractivity contribution in [1.82, 2.24) is 10.3 Å². The SMILES string of the molecule is CC(C)CC(CN)NC(=O)c1ccc(-c2ccccc2)[nH]1.Cl. The lowest BCUT2D eigenvalue weighted by molar-refractivity contribution is 0.0929. The van der Waals surface area contributed by atoms with Crippen molar-refractivity contribution >= 4 is 18.3 Å². The molecule has 0 aliphatic carbocycles. The lowest BCUT2D eigenvalue weighted by atomic mass is 10.0. The van der Waals surface area contributed by atoms with Gasteiger partial charge in [0.15, 0.2) is 0 Å². The molecule has 4 N–H and O–H groups in total. The molecule has 1 aromatic heterocycles. The van der Waals surface area contributed by atoms with Crippen LogP contribution in [0, 0.1) is 5.92 Å². The Bertz CT molecular complexity index is 581. The first-order valence-corrected chi connectivity index (χ1v) is 7.35. The molecule has 0 fully saturated rings. The van der Waals surface area contributed by atoms with E-state index in [-0.39, 0.29) is 24.4 Å². The third-order valence-electron chi connectivity index (χ3n) is 3.39. The fraction of sp³-hybridized carbons (Fsp3) is 0.353. The lowest BCUT2D eigenvalue weighted by Crippen LogP contribution is -2.41. The summed E-state index contributed by atoms with van der Waals surface area (Å²) >= 11 is 0. The van der Waals surface area contributed by atoms with Crippen LogP contribution in [0.1, 0.15) is 30.8 Å². The summed E-state index contributed by atoms with van der Waals surface area (Å²) in [6.07, 6.45) is 0.883. The summed E-state index contributed by atoms with van der Waals surface area (Å²) in [6, 6.07) is 13.7. The Morgan fingerprint density at radius 3 is 2.45 bits per heavy atom. The number of H-pyrrole nitrogens is 1. The maximum Gasteiger partial charge on any atom is 0.267 e. The van der Waals surface area contributed by atoms with E-state index in [4.69, 9.17) is 5.73 Å².